The van der Waals surface area contributed by atoms with Crippen LogP contribution in [0.3, 0.4) is 0 Å². The molecule has 0 saturated heterocycles. The summed E-state index contributed by atoms with van der Waals surface area (Å²) in [7, 11) is 4.52. The summed E-state index contributed by atoms with van der Waals surface area (Å²) in [6.07, 6.45) is 3.53. The Morgan fingerprint density at radius 2 is 1.89 bits per heavy atom. The first-order valence-electron chi connectivity index (χ1n) is 5.75. The number of carbonyl (C=O) groups is 1. The number of hydrogen-bond acceptors (Lipinski definition) is 5. The van der Waals surface area contributed by atoms with Gasteiger partial charge in [0, 0.05) is 17.8 Å². The number of methoxy groups -OCH3 is 3. The van der Waals surface area contributed by atoms with Crippen LogP contribution in [0.4, 0.5) is 0 Å². The molecule has 0 unspecified atom stereocenters. The summed E-state index contributed by atoms with van der Waals surface area (Å²) in [6.45, 7) is 0. The van der Waals surface area contributed by atoms with E-state index in [4.69, 9.17) is 9.47 Å². The van der Waals surface area contributed by atoms with Crippen LogP contribution in [0.25, 0.3) is 10.8 Å². The highest BCUT2D eigenvalue weighted by Gasteiger charge is 2.13. The Labute approximate surface area is 111 Å². The lowest BCUT2D eigenvalue weighted by Gasteiger charge is -2.12. The van der Waals surface area contributed by atoms with E-state index in [-0.39, 0.29) is 12.4 Å². The summed E-state index contributed by atoms with van der Waals surface area (Å²) < 4.78 is 15.3. The lowest BCUT2D eigenvalue weighted by molar-refractivity contribution is -0.139. The van der Waals surface area contributed by atoms with Crippen molar-refractivity contribution in [2.75, 3.05) is 21.3 Å². The van der Waals surface area contributed by atoms with Crippen LogP contribution in [0, 0.1) is 0 Å². The third kappa shape index (κ3) is 2.45. The van der Waals surface area contributed by atoms with E-state index in [1.54, 1.807) is 26.6 Å². The molecule has 0 N–H and O–H groups in total. The second-order valence-electron chi connectivity index (χ2n) is 3.95. The van der Waals surface area contributed by atoms with Gasteiger partial charge in [-0.05, 0) is 17.0 Å². The van der Waals surface area contributed by atoms with E-state index in [9.17, 15) is 4.79 Å². The molecule has 0 aliphatic rings. The van der Waals surface area contributed by atoms with Gasteiger partial charge in [0.2, 0.25) is 0 Å². The molecule has 0 aliphatic carbocycles. The van der Waals surface area contributed by atoms with Crippen molar-refractivity contribution >= 4 is 16.7 Å². The molecule has 1 aromatic carbocycles. The van der Waals surface area contributed by atoms with Gasteiger partial charge in [0.15, 0.2) is 11.5 Å². The number of rotatable bonds is 4. The molecule has 0 aliphatic heterocycles. The second-order valence-corrected chi connectivity index (χ2v) is 3.95. The SMILES string of the molecule is COC(=O)Cc1cncc2c(OC)c(OC)ccc12. The molecular weight excluding hydrogens is 246 g/mol. The molecule has 0 radical (unpaired) electrons. The monoisotopic (exact) mass is 261 g/mol. The Morgan fingerprint density at radius 1 is 1.11 bits per heavy atom. The summed E-state index contributed by atoms with van der Waals surface area (Å²) in [5, 5.41) is 1.71. The average molecular weight is 261 g/mol. The van der Waals surface area contributed by atoms with Gasteiger partial charge in [-0.25, -0.2) is 0 Å². The average Bonchev–Trinajstić information content (AvgIpc) is 2.45. The molecule has 2 rings (SSSR count). The molecule has 1 aromatic heterocycles. The maximum absolute atomic E-state index is 11.4. The number of hydrogen-bond donors (Lipinski definition) is 0. The Balaban J connectivity index is 2.60. The molecule has 2 aromatic rings. The second kappa shape index (κ2) is 5.56. The molecule has 0 fully saturated rings. The number of esters is 1. The molecule has 19 heavy (non-hydrogen) atoms. The van der Waals surface area contributed by atoms with Crippen molar-refractivity contribution in [2.24, 2.45) is 0 Å². The zero-order valence-corrected chi connectivity index (χ0v) is 11.1. The van der Waals surface area contributed by atoms with Gasteiger partial charge in [-0.1, -0.05) is 6.07 Å². The Kier molecular flexibility index (Phi) is 3.85. The van der Waals surface area contributed by atoms with Crippen LogP contribution in [0.15, 0.2) is 24.5 Å². The quantitative estimate of drug-likeness (QED) is 0.787. The number of carbonyl (C=O) groups excluding carboxylic acids is 1. The smallest absolute Gasteiger partial charge is 0.310 e. The number of fused-ring (bicyclic) bond motifs is 1. The molecule has 5 heteroatoms. The number of aromatic nitrogens is 1. The van der Waals surface area contributed by atoms with E-state index in [1.807, 2.05) is 12.1 Å². The first-order valence-corrected chi connectivity index (χ1v) is 5.75. The minimum atomic E-state index is -0.302. The summed E-state index contributed by atoms with van der Waals surface area (Å²) in [6, 6.07) is 3.69. The maximum atomic E-state index is 11.4. The molecule has 5 nitrogen and oxygen atoms in total. The minimum Gasteiger partial charge on any atom is -0.493 e. The molecule has 100 valence electrons. The lowest BCUT2D eigenvalue weighted by Crippen LogP contribution is -2.05. The molecule has 1 heterocycles. The van der Waals surface area contributed by atoms with Crippen LogP contribution in [0.1, 0.15) is 5.56 Å². The molecule has 0 spiro atoms. The van der Waals surface area contributed by atoms with Crippen molar-refractivity contribution in [3.63, 3.8) is 0 Å². The van der Waals surface area contributed by atoms with Crippen molar-refractivity contribution in [2.45, 2.75) is 6.42 Å². The van der Waals surface area contributed by atoms with Gasteiger partial charge in [0.25, 0.3) is 0 Å². The molecule has 0 amide bonds. The summed E-state index contributed by atoms with van der Waals surface area (Å²) in [4.78, 5) is 15.5. The van der Waals surface area contributed by atoms with Crippen LogP contribution >= 0.6 is 0 Å². The summed E-state index contributed by atoms with van der Waals surface area (Å²) >= 11 is 0. The van der Waals surface area contributed by atoms with Gasteiger partial charge in [-0.2, -0.15) is 0 Å². The van der Waals surface area contributed by atoms with Crippen LogP contribution < -0.4 is 9.47 Å². The predicted molar refractivity (Wildman–Crippen MR) is 70.6 cm³/mol. The minimum absolute atomic E-state index is 0.177. The lowest BCUT2D eigenvalue weighted by atomic mass is 10.0. The highest BCUT2D eigenvalue weighted by Crippen LogP contribution is 2.36. The van der Waals surface area contributed by atoms with Crippen LogP contribution in [-0.2, 0) is 16.0 Å². The van der Waals surface area contributed by atoms with Crippen LogP contribution in [0.5, 0.6) is 11.5 Å². The fourth-order valence-electron chi connectivity index (χ4n) is 2.00. The molecule has 0 bridgehead atoms. The van der Waals surface area contributed by atoms with E-state index < -0.39 is 0 Å². The zero-order valence-electron chi connectivity index (χ0n) is 11.1. The van der Waals surface area contributed by atoms with Crippen molar-refractivity contribution in [1.29, 1.82) is 0 Å². The van der Waals surface area contributed by atoms with Gasteiger partial charge in [0.1, 0.15) is 0 Å². The maximum Gasteiger partial charge on any atom is 0.310 e. The normalized spacial score (nSPS) is 10.3. The predicted octanol–water partition coefficient (Wildman–Crippen LogP) is 1.97. The third-order valence-corrected chi connectivity index (χ3v) is 2.93. The summed E-state index contributed by atoms with van der Waals surface area (Å²) in [5.41, 5.74) is 0.797. The van der Waals surface area contributed by atoms with E-state index in [0.29, 0.717) is 11.5 Å². The molecule has 0 saturated carbocycles. The number of benzene rings is 1. The van der Waals surface area contributed by atoms with Crippen LogP contribution in [-0.4, -0.2) is 32.3 Å². The molecule has 0 atom stereocenters. The number of ether oxygens (including phenoxy) is 3. The first kappa shape index (κ1) is 13.1. The van der Waals surface area contributed by atoms with Gasteiger partial charge < -0.3 is 14.2 Å². The van der Waals surface area contributed by atoms with E-state index in [0.717, 1.165) is 16.3 Å². The first-order chi connectivity index (χ1) is 9.21. The fourth-order valence-corrected chi connectivity index (χ4v) is 2.00. The highest BCUT2D eigenvalue weighted by atomic mass is 16.5. The van der Waals surface area contributed by atoms with E-state index in [2.05, 4.69) is 9.72 Å². The van der Waals surface area contributed by atoms with Gasteiger partial charge in [0.05, 0.1) is 27.8 Å². The fraction of sp³-hybridized carbons (Fsp3) is 0.286. The third-order valence-electron chi connectivity index (χ3n) is 2.93. The Hall–Kier alpha value is -2.30. The highest BCUT2D eigenvalue weighted by molar-refractivity contribution is 5.94. The Bertz CT molecular complexity index is 610. The topological polar surface area (TPSA) is 57.7 Å². The van der Waals surface area contributed by atoms with Crippen molar-refractivity contribution < 1.29 is 19.0 Å². The molecular formula is C14H15NO4. The van der Waals surface area contributed by atoms with Crippen molar-refractivity contribution in [1.82, 2.24) is 4.98 Å². The van der Waals surface area contributed by atoms with Crippen LogP contribution in [0.2, 0.25) is 0 Å². The zero-order chi connectivity index (χ0) is 13.8. The van der Waals surface area contributed by atoms with E-state index >= 15 is 0 Å². The largest absolute Gasteiger partial charge is 0.493 e. The standard InChI is InChI=1S/C14H15NO4/c1-17-12-5-4-10-9(6-13(16)18-2)7-15-8-11(10)14(12)19-3/h4-5,7-8H,6H2,1-3H3. The van der Waals surface area contributed by atoms with Crippen molar-refractivity contribution in [3.05, 3.63) is 30.1 Å². The summed E-state index contributed by atoms with van der Waals surface area (Å²) in [5.74, 6) is 0.940. The van der Waals surface area contributed by atoms with Gasteiger partial charge in [-0.3, -0.25) is 9.78 Å². The van der Waals surface area contributed by atoms with Gasteiger partial charge >= 0.3 is 5.97 Å². The number of nitrogens with zero attached hydrogens (tertiary/aromatic N) is 1. The Morgan fingerprint density at radius 3 is 2.53 bits per heavy atom. The van der Waals surface area contributed by atoms with Gasteiger partial charge in [-0.15, -0.1) is 0 Å². The van der Waals surface area contributed by atoms with E-state index in [1.165, 1.54) is 7.11 Å². The number of pyridine rings is 1. The van der Waals surface area contributed by atoms with Crippen molar-refractivity contribution in [3.8, 4) is 11.5 Å².